The molecule has 0 bridgehead atoms. The molecule has 0 fully saturated rings. The summed E-state index contributed by atoms with van der Waals surface area (Å²) in [4.78, 5) is 28.9. The van der Waals surface area contributed by atoms with E-state index in [1.54, 1.807) is 43.3 Å². The van der Waals surface area contributed by atoms with Crippen LogP contribution in [-0.2, 0) is 26.2 Å². The number of amides is 2. The van der Waals surface area contributed by atoms with Gasteiger partial charge in [-0.15, -0.1) is 0 Å². The average Bonchev–Trinajstić information content (AvgIpc) is 3.04. The predicted octanol–water partition coefficient (Wildman–Crippen LogP) is 7.08. The molecule has 8 nitrogen and oxygen atoms in total. The first-order valence-electron chi connectivity index (χ1n) is 14.7. The van der Waals surface area contributed by atoms with Gasteiger partial charge in [-0.3, -0.25) is 13.9 Å². The summed E-state index contributed by atoms with van der Waals surface area (Å²) in [6, 6.07) is 28.7. The van der Waals surface area contributed by atoms with Crippen LogP contribution in [0.25, 0.3) is 0 Å². The summed E-state index contributed by atoms with van der Waals surface area (Å²) in [5.74, 6) is 0.309. The number of nitrogens with one attached hydrogen (secondary N) is 1. The van der Waals surface area contributed by atoms with Gasteiger partial charge in [0.2, 0.25) is 11.8 Å². The van der Waals surface area contributed by atoms with Gasteiger partial charge < -0.3 is 15.0 Å². The molecular weight excluding hydrogens is 654 g/mol. The number of rotatable bonds is 13. The van der Waals surface area contributed by atoms with Gasteiger partial charge in [-0.1, -0.05) is 70.9 Å². The monoisotopic (exact) mass is 691 g/mol. The van der Waals surface area contributed by atoms with Crippen LogP contribution < -0.4 is 14.4 Å². The quantitative estimate of drug-likeness (QED) is 0.162. The number of carbonyl (C=O) groups excluding carboxylic acids is 2. The summed E-state index contributed by atoms with van der Waals surface area (Å²) in [5, 5.41) is 2.95. The van der Waals surface area contributed by atoms with Gasteiger partial charge in [0.25, 0.3) is 10.0 Å². The number of para-hydroxylation sites is 1. The largest absolute Gasteiger partial charge is 0.457 e. The molecular formula is C35H38BrN3O5S. The van der Waals surface area contributed by atoms with Crippen molar-refractivity contribution in [1.82, 2.24) is 10.2 Å². The van der Waals surface area contributed by atoms with E-state index in [9.17, 15) is 18.0 Å². The molecule has 0 unspecified atom stereocenters. The van der Waals surface area contributed by atoms with E-state index < -0.39 is 28.5 Å². The zero-order valence-corrected chi connectivity index (χ0v) is 28.2. The number of anilines is 1. The molecule has 0 aromatic heterocycles. The molecule has 0 heterocycles. The average molecular weight is 693 g/mol. The van der Waals surface area contributed by atoms with Gasteiger partial charge >= 0.3 is 0 Å². The van der Waals surface area contributed by atoms with Gasteiger partial charge in [0, 0.05) is 17.1 Å². The minimum absolute atomic E-state index is 0.0486. The molecule has 2 amide bonds. The standard InChI is InChI=1S/C35H38BrN3O5S/c1-5-26(3)37-35(41)27(4)38(23-28-13-15-29(36)16-14-28)34(40)24-39(45(42,43)33-21-11-25(2)12-22-33)30-17-19-32(20-18-30)44-31-9-7-6-8-10-31/h6-22,26-27H,5,23-24H2,1-4H3,(H,37,41)/t26-,27+/m1/s1. The SMILES string of the molecule is CC[C@@H](C)NC(=O)[C@H](C)N(Cc1ccc(Br)cc1)C(=O)CN(c1ccc(Oc2ccccc2)cc1)S(=O)(=O)c1ccc(C)cc1. The van der Waals surface area contributed by atoms with E-state index in [1.165, 1.54) is 17.0 Å². The molecule has 0 saturated carbocycles. The third-order valence-electron chi connectivity index (χ3n) is 7.43. The molecule has 4 aromatic rings. The highest BCUT2D eigenvalue weighted by Gasteiger charge is 2.33. The van der Waals surface area contributed by atoms with Gasteiger partial charge in [0.15, 0.2) is 0 Å². The fourth-order valence-corrected chi connectivity index (χ4v) is 6.18. The van der Waals surface area contributed by atoms with Gasteiger partial charge in [-0.2, -0.15) is 0 Å². The fourth-order valence-electron chi connectivity index (χ4n) is 4.51. The van der Waals surface area contributed by atoms with Crippen LogP contribution in [0.4, 0.5) is 5.69 Å². The van der Waals surface area contributed by atoms with Crippen molar-refractivity contribution in [3.63, 3.8) is 0 Å². The Balaban J connectivity index is 1.70. The molecule has 236 valence electrons. The zero-order valence-electron chi connectivity index (χ0n) is 25.8. The van der Waals surface area contributed by atoms with Gasteiger partial charge in [-0.25, -0.2) is 8.42 Å². The normalized spacial score (nSPS) is 12.6. The highest BCUT2D eigenvalue weighted by molar-refractivity contribution is 9.10. The number of hydrogen-bond donors (Lipinski definition) is 1. The predicted molar refractivity (Wildman–Crippen MR) is 181 cm³/mol. The van der Waals surface area contributed by atoms with Crippen molar-refractivity contribution < 1.29 is 22.7 Å². The number of ether oxygens (including phenoxy) is 1. The van der Waals surface area contributed by atoms with Gasteiger partial charge in [0.05, 0.1) is 10.6 Å². The van der Waals surface area contributed by atoms with E-state index in [-0.39, 0.29) is 29.1 Å². The van der Waals surface area contributed by atoms with Crippen LogP contribution in [0.5, 0.6) is 11.5 Å². The van der Waals surface area contributed by atoms with Crippen LogP contribution in [0.2, 0.25) is 0 Å². The van der Waals surface area contributed by atoms with Crippen LogP contribution >= 0.6 is 15.9 Å². The summed E-state index contributed by atoms with van der Waals surface area (Å²) in [7, 11) is -4.18. The fraction of sp³-hybridized carbons (Fsp3) is 0.257. The molecule has 10 heteroatoms. The Labute approximate surface area is 274 Å². The molecule has 0 saturated heterocycles. The number of carbonyl (C=O) groups is 2. The van der Waals surface area contributed by atoms with Gasteiger partial charge in [-0.05, 0) is 93.4 Å². The minimum Gasteiger partial charge on any atom is -0.457 e. The lowest BCUT2D eigenvalue weighted by Crippen LogP contribution is -2.52. The minimum atomic E-state index is -4.18. The zero-order chi connectivity index (χ0) is 32.6. The maximum Gasteiger partial charge on any atom is 0.264 e. The third kappa shape index (κ3) is 8.95. The number of benzene rings is 4. The second kappa shape index (κ2) is 15.2. The molecule has 2 atom stereocenters. The Kier molecular flexibility index (Phi) is 11.4. The lowest BCUT2D eigenvalue weighted by atomic mass is 10.1. The van der Waals surface area contributed by atoms with Crippen LogP contribution in [-0.4, -0.2) is 43.8 Å². The summed E-state index contributed by atoms with van der Waals surface area (Å²) >= 11 is 3.43. The molecule has 4 aromatic carbocycles. The Morgan fingerprint density at radius 3 is 2.04 bits per heavy atom. The molecule has 0 aliphatic rings. The molecule has 4 rings (SSSR count). The van der Waals surface area contributed by atoms with E-state index in [4.69, 9.17) is 4.74 Å². The number of halogens is 1. The molecule has 0 spiro atoms. The Morgan fingerprint density at radius 2 is 1.44 bits per heavy atom. The van der Waals surface area contributed by atoms with E-state index in [2.05, 4.69) is 21.2 Å². The molecule has 1 N–H and O–H groups in total. The lowest BCUT2D eigenvalue weighted by molar-refractivity contribution is -0.139. The molecule has 0 aliphatic carbocycles. The van der Waals surface area contributed by atoms with Crippen LogP contribution in [0.1, 0.15) is 38.3 Å². The Morgan fingerprint density at radius 1 is 0.844 bits per heavy atom. The lowest BCUT2D eigenvalue weighted by Gasteiger charge is -2.32. The highest BCUT2D eigenvalue weighted by Crippen LogP contribution is 2.29. The number of sulfonamides is 1. The summed E-state index contributed by atoms with van der Waals surface area (Å²) in [6.45, 7) is 6.98. The summed E-state index contributed by atoms with van der Waals surface area (Å²) in [5.41, 5.74) is 1.98. The van der Waals surface area contributed by atoms with Crippen LogP contribution in [0.3, 0.4) is 0 Å². The maximum atomic E-state index is 14.1. The number of hydrogen-bond acceptors (Lipinski definition) is 5. The van der Waals surface area contributed by atoms with E-state index >= 15 is 0 Å². The maximum absolute atomic E-state index is 14.1. The first-order chi connectivity index (χ1) is 21.5. The van der Waals surface area contributed by atoms with Crippen LogP contribution in [0.15, 0.2) is 112 Å². The van der Waals surface area contributed by atoms with Crippen molar-refractivity contribution in [3.05, 3.63) is 119 Å². The first-order valence-corrected chi connectivity index (χ1v) is 17.0. The first kappa shape index (κ1) is 33.7. The van der Waals surface area contributed by atoms with Crippen molar-refractivity contribution in [1.29, 1.82) is 0 Å². The molecule has 0 aliphatic heterocycles. The smallest absolute Gasteiger partial charge is 0.264 e. The van der Waals surface area contributed by atoms with Crippen molar-refractivity contribution in [2.24, 2.45) is 0 Å². The molecule has 45 heavy (non-hydrogen) atoms. The van der Waals surface area contributed by atoms with E-state index in [1.807, 2.05) is 75.4 Å². The number of nitrogens with zero attached hydrogens (tertiary/aromatic N) is 2. The van der Waals surface area contributed by atoms with E-state index in [0.29, 0.717) is 11.5 Å². The van der Waals surface area contributed by atoms with Crippen LogP contribution in [0, 0.1) is 6.92 Å². The summed E-state index contributed by atoms with van der Waals surface area (Å²) < 4.78 is 36.1. The topological polar surface area (TPSA) is 96.0 Å². The van der Waals surface area contributed by atoms with Crippen molar-refractivity contribution in [2.45, 2.75) is 57.6 Å². The van der Waals surface area contributed by atoms with Crippen molar-refractivity contribution in [3.8, 4) is 11.5 Å². The van der Waals surface area contributed by atoms with Crippen molar-refractivity contribution in [2.75, 3.05) is 10.8 Å². The highest BCUT2D eigenvalue weighted by atomic mass is 79.9. The Bertz CT molecular complexity index is 1680. The summed E-state index contributed by atoms with van der Waals surface area (Å²) in [6.07, 6.45) is 0.728. The van der Waals surface area contributed by atoms with Crippen molar-refractivity contribution >= 4 is 43.5 Å². The van der Waals surface area contributed by atoms with Gasteiger partial charge in [0.1, 0.15) is 24.1 Å². The second-order valence-corrected chi connectivity index (χ2v) is 13.7. The third-order valence-corrected chi connectivity index (χ3v) is 9.74. The second-order valence-electron chi connectivity index (χ2n) is 10.9. The number of aryl methyl sites for hydroxylation is 1. The Hall–Kier alpha value is -4.15. The van der Waals surface area contributed by atoms with E-state index in [0.717, 1.165) is 26.3 Å². The molecule has 0 radical (unpaired) electrons.